The number of nitrogens with one attached hydrogen (secondary N) is 2. The monoisotopic (exact) mass is 485 g/mol. The molecule has 0 saturated carbocycles. The van der Waals surface area contributed by atoms with E-state index in [0.29, 0.717) is 31.2 Å². The molecule has 7 nitrogen and oxygen atoms in total. The van der Waals surface area contributed by atoms with Gasteiger partial charge >= 0.3 is 6.03 Å². The van der Waals surface area contributed by atoms with Crippen LogP contribution in [0.5, 0.6) is 11.5 Å². The molecule has 7 heteroatoms. The molecule has 0 radical (unpaired) electrons. The number of benzene rings is 3. The summed E-state index contributed by atoms with van der Waals surface area (Å²) in [6, 6.07) is 21.0. The highest BCUT2D eigenvalue weighted by Crippen LogP contribution is 2.32. The Morgan fingerprint density at radius 1 is 0.944 bits per heavy atom. The van der Waals surface area contributed by atoms with Gasteiger partial charge in [-0.15, -0.1) is 0 Å². The highest BCUT2D eigenvalue weighted by molar-refractivity contribution is 6.02. The molecule has 3 amide bonds. The summed E-state index contributed by atoms with van der Waals surface area (Å²) >= 11 is 0. The van der Waals surface area contributed by atoms with E-state index in [-0.39, 0.29) is 24.4 Å². The van der Waals surface area contributed by atoms with Crippen LogP contribution >= 0.6 is 0 Å². The van der Waals surface area contributed by atoms with E-state index in [1.54, 1.807) is 0 Å². The molecule has 0 fully saturated rings. The molecule has 5 rings (SSSR count). The molecule has 0 spiro atoms. The van der Waals surface area contributed by atoms with Gasteiger partial charge < -0.3 is 20.1 Å². The molecule has 3 aromatic rings. The minimum absolute atomic E-state index is 0.0738. The maximum Gasteiger partial charge on any atom is 0.326 e. The summed E-state index contributed by atoms with van der Waals surface area (Å²) < 4.78 is 11.2. The number of amides is 3. The molecule has 1 unspecified atom stereocenters. The van der Waals surface area contributed by atoms with E-state index in [1.165, 1.54) is 5.56 Å². The van der Waals surface area contributed by atoms with E-state index in [2.05, 4.69) is 16.7 Å². The van der Waals surface area contributed by atoms with Crippen molar-refractivity contribution in [2.75, 3.05) is 30.0 Å². The third-order valence-corrected chi connectivity index (χ3v) is 6.62. The molecule has 2 aliphatic heterocycles. The van der Waals surface area contributed by atoms with Crippen molar-refractivity contribution in [1.82, 2.24) is 5.32 Å². The van der Waals surface area contributed by atoms with Crippen LogP contribution in [0.1, 0.15) is 42.5 Å². The highest BCUT2D eigenvalue weighted by Gasteiger charge is 2.21. The van der Waals surface area contributed by atoms with Gasteiger partial charge in [-0.05, 0) is 73.2 Å². The standard InChI is InChI=1S/C29H31N3O4/c1-20(23-11-14-26-27(19-23)36-17-16-35-26)30-28(33)18-21-9-12-24(13-10-21)31-29(34)32-15-5-4-7-22-6-2-3-8-25(22)32/h2-3,6,8-14,19-20H,4-5,7,15-18H2,1H3,(H,30,33)(H,31,34). The summed E-state index contributed by atoms with van der Waals surface area (Å²) in [6.07, 6.45) is 3.29. The Labute approximate surface area is 211 Å². The van der Waals surface area contributed by atoms with Gasteiger partial charge in [-0.2, -0.15) is 0 Å². The van der Waals surface area contributed by atoms with Crippen LogP contribution in [-0.2, 0) is 17.6 Å². The van der Waals surface area contributed by atoms with Gasteiger partial charge in [0.15, 0.2) is 11.5 Å². The summed E-state index contributed by atoms with van der Waals surface area (Å²) in [7, 11) is 0. The second-order valence-corrected chi connectivity index (χ2v) is 9.23. The number of hydrogen-bond acceptors (Lipinski definition) is 4. The van der Waals surface area contributed by atoms with Crippen molar-refractivity contribution in [3.63, 3.8) is 0 Å². The number of hydrogen-bond donors (Lipinski definition) is 2. The molecule has 0 saturated heterocycles. The van der Waals surface area contributed by atoms with Crippen LogP contribution in [0.15, 0.2) is 66.7 Å². The van der Waals surface area contributed by atoms with E-state index < -0.39 is 0 Å². The van der Waals surface area contributed by atoms with Gasteiger partial charge in [0.1, 0.15) is 13.2 Å². The quantitative estimate of drug-likeness (QED) is 0.517. The lowest BCUT2D eigenvalue weighted by atomic mass is 10.1. The van der Waals surface area contributed by atoms with Crippen molar-refractivity contribution in [2.45, 2.75) is 38.6 Å². The zero-order valence-corrected chi connectivity index (χ0v) is 20.5. The number of carbonyl (C=O) groups is 2. The zero-order valence-electron chi connectivity index (χ0n) is 20.5. The first kappa shape index (κ1) is 23.7. The summed E-state index contributed by atoms with van der Waals surface area (Å²) in [4.78, 5) is 27.5. The summed E-state index contributed by atoms with van der Waals surface area (Å²) in [5, 5.41) is 6.05. The van der Waals surface area contributed by atoms with Crippen molar-refractivity contribution in [3.8, 4) is 11.5 Å². The number of urea groups is 1. The van der Waals surface area contributed by atoms with E-state index in [0.717, 1.165) is 41.8 Å². The molecule has 0 bridgehead atoms. The van der Waals surface area contributed by atoms with E-state index in [1.807, 2.05) is 72.5 Å². The molecule has 186 valence electrons. The molecule has 3 aromatic carbocycles. The Bertz CT molecular complexity index is 1240. The Hall–Kier alpha value is -4.00. The van der Waals surface area contributed by atoms with Gasteiger partial charge in [-0.1, -0.05) is 36.4 Å². The average Bonchev–Trinajstić information content (AvgIpc) is 3.12. The smallest absolute Gasteiger partial charge is 0.326 e. The van der Waals surface area contributed by atoms with Gasteiger partial charge in [-0.25, -0.2) is 4.79 Å². The fraction of sp³-hybridized carbons (Fsp3) is 0.310. The van der Waals surface area contributed by atoms with Crippen LogP contribution in [0.25, 0.3) is 0 Å². The molecular weight excluding hydrogens is 454 g/mol. The highest BCUT2D eigenvalue weighted by atomic mass is 16.6. The maximum absolute atomic E-state index is 13.0. The van der Waals surface area contributed by atoms with Crippen LogP contribution in [-0.4, -0.2) is 31.7 Å². The summed E-state index contributed by atoms with van der Waals surface area (Å²) in [5.41, 5.74) is 4.72. The van der Waals surface area contributed by atoms with Crippen LogP contribution in [0.2, 0.25) is 0 Å². The number of fused-ring (bicyclic) bond motifs is 2. The minimum atomic E-state index is -0.164. The van der Waals surface area contributed by atoms with Crippen LogP contribution < -0.4 is 25.0 Å². The molecule has 0 aromatic heterocycles. The predicted octanol–water partition coefficient (Wildman–Crippen LogP) is 5.25. The largest absolute Gasteiger partial charge is 0.486 e. The number of nitrogens with zero attached hydrogens (tertiary/aromatic N) is 1. The van der Waals surface area contributed by atoms with E-state index >= 15 is 0 Å². The molecule has 2 aliphatic rings. The van der Waals surface area contributed by atoms with Crippen molar-refractivity contribution in [2.24, 2.45) is 0 Å². The van der Waals surface area contributed by atoms with Gasteiger partial charge in [-0.3, -0.25) is 9.69 Å². The van der Waals surface area contributed by atoms with Gasteiger partial charge in [0.05, 0.1) is 12.5 Å². The molecule has 36 heavy (non-hydrogen) atoms. The number of ether oxygens (including phenoxy) is 2. The van der Waals surface area contributed by atoms with Crippen molar-refractivity contribution in [1.29, 1.82) is 0 Å². The molecule has 2 N–H and O–H groups in total. The Morgan fingerprint density at radius 3 is 2.56 bits per heavy atom. The zero-order chi connectivity index (χ0) is 24.9. The lowest BCUT2D eigenvalue weighted by molar-refractivity contribution is -0.121. The Morgan fingerprint density at radius 2 is 1.72 bits per heavy atom. The SMILES string of the molecule is CC(NC(=O)Cc1ccc(NC(=O)N2CCCCc3ccccc32)cc1)c1ccc2c(c1)OCCO2. The van der Waals surface area contributed by atoms with Crippen molar-refractivity contribution in [3.05, 3.63) is 83.4 Å². The predicted molar refractivity (Wildman–Crippen MR) is 140 cm³/mol. The number of carbonyl (C=O) groups excluding carboxylic acids is 2. The van der Waals surface area contributed by atoms with E-state index in [4.69, 9.17) is 9.47 Å². The maximum atomic E-state index is 13.0. The van der Waals surface area contributed by atoms with Gasteiger partial charge in [0.25, 0.3) is 0 Å². The Balaban J connectivity index is 1.17. The van der Waals surface area contributed by atoms with Gasteiger partial charge in [0, 0.05) is 17.9 Å². The van der Waals surface area contributed by atoms with Crippen molar-refractivity contribution >= 4 is 23.3 Å². The second kappa shape index (κ2) is 10.7. The lowest BCUT2D eigenvalue weighted by Crippen LogP contribution is -2.35. The molecule has 1 atom stereocenters. The van der Waals surface area contributed by atoms with Crippen LogP contribution in [0.4, 0.5) is 16.2 Å². The van der Waals surface area contributed by atoms with Gasteiger partial charge in [0.2, 0.25) is 5.91 Å². The fourth-order valence-electron chi connectivity index (χ4n) is 4.69. The molecule has 0 aliphatic carbocycles. The summed E-state index contributed by atoms with van der Waals surface area (Å²) in [6.45, 7) is 3.72. The lowest BCUT2D eigenvalue weighted by Gasteiger charge is -2.23. The third-order valence-electron chi connectivity index (χ3n) is 6.62. The average molecular weight is 486 g/mol. The Kier molecular flexibility index (Phi) is 7.07. The first-order valence-electron chi connectivity index (χ1n) is 12.5. The number of para-hydroxylation sites is 1. The number of rotatable bonds is 5. The second-order valence-electron chi connectivity index (χ2n) is 9.23. The molecular formula is C29H31N3O4. The fourth-order valence-corrected chi connectivity index (χ4v) is 4.69. The normalized spacial score (nSPS) is 15.3. The van der Waals surface area contributed by atoms with Crippen LogP contribution in [0.3, 0.4) is 0 Å². The first-order chi connectivity index (χ1) is 17.6. The summed E-state index contributed by atoms with van der Waals surface area (Å²) in [5.74, 6) is 1.37. The van der Waals surface area contributed by atoms with Crippen LogP contribution in [0, 0.1) is 0 Å². The topological polar surface area (TPSA) is 79.9 Å². The van der Waals surface area contributed by atoms with E-state index in [9.17, 15) is 9.59 Å². The number of aryl methyl sites for hydroxylation is 1. The van der Waals surface area contributed by atoms with Crippen molar-refractivity contribution < 1.29 is 19.1 Å². The molecule has 2 heterocycles. The third kappa shape index (κ3) is 5.46. The minimum Gasteiger partial charge on any atom is -0.486 e. The first-order valence-corrected chi connectivity index (χ1v) is 12.5. The number of anilines is 2.